The number of urea groups is 1. The van der Waals surface area contributed by atoms with Crippen molar-refractivity contribution < 1.29 is 14.4 Å². The molecule has 3 rings (SSSR count). The second-order valence-corrected chi connectivity index (χ2v) is 5.80. The van der Waals surface area contributed by atoms with Crippen LogP contribution in [0.3, 0.4) is 0 Å². The quantitative estimate of drug-likeness (QED) is 0.502. The number of likely N-dealkylation sites (tertiary alicyclic amines) is 1. The molecule has 3 aliphatic heterocycles. The number of nitrogens with zero attached hydrogens (tertiary/aromatic N) is 1. The number of amides is 4. The van der Waals surface area contributed by atoms with Gasteiger partial charge in [-0.2, -0.15) is 0 Å². The van der Waals surface area contributed by atoms with E-state index in [9.17, 15) is 14.4 Å². The summed E-state index contributed by atoms with van der Waals surface area (Å²) in [6, 6.07) is -0.630. The fraction of sp³-hybridized carbons (Fsp3) is 0.700. The molecule has 0 radical (unpaired) electrons. The van der Waals surface area contributed by atoms with Crippen LogP contribution in [0, 0.1) is 0 Å². The fourth-order valence-electron chi connectivity index (χ4n) is 2.59. The van der Waals surface area contributed by atoms with E-state index >= 15 is 0 Å². The SMILES string of the molecule is O=C1NC(=O)C2(CCN(C(=O)C3CSCN3)C2)N1. The lowest BCUT2D eigenvalue weighted by Gasteiger charge is -2.23. The van der Waals surface area contributed by atoms with E-state index in [0.29, 0.717) is 13.0 Å². The van der Waals surface area contributed by atoms with Crippen LogP contribution in [0.15, 0.2) is 0 Å². The lowest BCUT2D eigenvalue weighted by atomic mass is 9.99. The van der Waals surface area contributed by atoms with E-state index < -0.39 is 11.6 Å². The van der Waals surface area contributed by atoms with Crippen LogP contribution in [-0.4, -0.2) is 59.0 Å². The third kappa shape index (κ3) is 1.76. The zero-order valence-electron chi connectivity index (χ0n) is 9.69. The van der Waals surface area contributed by atoms with Crippen molar-refractivity contribution in [1.82, 2.24) is 20.9 Å². The topological polar surface area (TPSA) is 90.5 Å². The number of carbonyl (C=O) groups excluding carboxylic acids is 3. The highest BCUT2D eigenvalue weighted by Crippen LogP contribution is 2.26. The molecule has 3 aliphatic rings. The minimum Gasteiger partial charge on any atom is -0.338 e. The molecule has 0 saturated carbocycles. The van der Waals surface area contributed by atoms with Gasteiger partial charge in [0.05, 0.1) is 12.6 Å². The average Bonchev–Trinajstić information content (AvgIpc) is 3.01. The second kappa shape index (κ2) is 4.13. The van der Waals surface area contributed by atoms with Crippen molar-refractivity contribution in [2.75, 3.05) is 24.7 Å². The van der Waals surface area contributed by atoms with Gasteiger partial charge in [0.15, 0.2) is 0 Å². The molecule has 4 amide bonds. The highest BCUT2D eigenvalue weighted by Gasteiger charge is 2.52. The molecule has 3 saturated heterocycles. The first-order valence-electron chi connectivity index (χ1n) is 5.84. The minimum absolute atomic E-state index is 0.0193. The van der Waals surface area contributed by atoms with Crippen molar-refractivity contribution in [2.24, 2.45) is 0 Å². The standard InChI is InChI=1S/C10H14N4O3S/c15-7(6-3-18-5-11-6)14-2-1-10(4-14)8(16)12-9(17)13-10/h6,11H,1-5H2,(H2,12,13,16,17). The Labute approximate surface area is 108 Å². The molecule has 0 bridgehead atoms. The van der Waals surface area contributed by atoms with Crippen LogP contribution < -0.4 is 16.0 Å². The molecule has 2 unspecified atom stereocenters. The van der Waals surface area contributed by atoms with Gasteiger partial charge < -0.3 is 10.2 Å². The van der Waals surface area contributed by atoms with Gasteiger partial charge in [0, 0.05) is 18.2 Å². The minimum atomic E-state index is -0.904. The Bertz CT molecular complexity index is 423. The zero-order chi connectivity index (χ0) is 12.8. The van der Waals surface area contributed by atoms with Crippen molar-refractivity contribution in [3.05, 3.63) is 0 Å². The van der Waals surface area contributed by atoms with Crippen LogP contribution in [-0.2, 0) is 9.59 Å². The molecule has 0 aliphatic carbocycles. The van der Waals surface area contributed by atoms with Crippen LogP contribution in [0.25, 0.3) is 0 Å². The normalized spacial score (nSPS) is 35.1. The first-order valence-corrected chi connectivity index (χ1v) is 7.00. The number of rotatable bonds is 1. The van der Waals surface area contributed by atoms with Crippen LogP contribution >= 0.6 is 11.8 Å². The lowest BCUT2D eigenvalue weighted by molar-refractivity contribution is -0.132. The predicted molar refractivity (Wildman–Crippen MR) is 64.9 cm³/mol. The maximum atomic E-state index is 12.2. The van der Waals surface area contributed by atoms with E-state index in [1.807, 2.05) is 0 Å². The average molecular weight is 270 g/mol. The van der Waals surface area contributed by atoms with Gasteiger partial charge in [0.25, 0.3) is 5.91 Å². The molecular weight excluding hydrogens is 256 g/mol. The number of imide groups is 1. The molecule has 18 heavy (non-hydrogen) atoms. The molecule has 8 heteroatoms. The summed E-state index contributed by atoms with van der Waals surface area (Å²) in [5.74, 6) is 1.25. The molecule has 0 aromatic rings. The van der Waals surface area contributed by atoms with Crippen molar-refractivity contribution in [1.29, 1.82) is 0 Å². The number of nitrogens with one attached hydrogen (secondary N) is 3. The lowest BCUT2D eigenvalue weighted by Crippen LogP contribution is -2.51. The third-order valence-corrected chi connectivity index (χ3v) is 4.55. The van der Waals surface area contributed by atoms with E-state index in [-0.39, 0.29) is 24.4 Å². The Morgan fingerprint density at radius 2 is 2.28 bits per heavy atom. The molecule has 0 aromatic carbocycles. The first-order chi connectivity index (χ1) is 8.61. The molecule has 2 atom stereocenters. The first kappa shape index (κ1) is 11.8. The molecule has 3 heterocycles. The third-order valence-electron chi connectivity index (χ3n) is 3.61. The summed E-state index contributed by atoms with van der Waals surface area (Å²) in [7, 11) is 0. The Morgan fingerprint density at radius 1 is 1.44 bits per heavy atom. The summed E-state index contributed by atoms with van der Waals surface area (Å²) in [6.07, 6.45) is 0.482. The van der Waals surface area contributed by atoms with Gasteiger partial charge in [0.1, 0.15) is 5.54 Å². The monoisotopic (exact) mass is 270 g/mol. The van der Waals surface area contributed by atoms with Gasteiger partial charge in [-0.1, -0.05) is 0 Å². The van der Waals surface area contributed by atoms with Crippen molar-refractivity contribution in [3.8, 4) is 0 Å². The Balaban J connectivity index is 1.69. The predicted octanol–water partition coefficient (Wildman–Crippen LogP) is -1.54. The van der Waals surface area contributed by atoms with Gasteiger partial charge in [-0.3, -0.25) is 20.2 Å². The van der Waals surface area contributed by atoms with Gasteiger partial charge >= 0.3 is 6.03 Å². The van der Waals surface area contributed by atoms with E-state index in [1.54, 1.807) is 16.7 Å². The van der Waals surface area contributed by atoms with E-state index in [1.165, 1.54) is 0 Å². The maximum Gasteiger partial charge on any atom is 0.322 e. The van der Waals surface area contributed by atoms with Crippen molar-refractivity contribution in [2.45, 2.75) is 18.0 Å². The largest absolute Gasteiger partial charge is 0.338 e. The highest BCUT2D eigenvalue weighted by atomic mass is 32.2. The van der Waals surface area contributed by atoms with Crippen molar-refractivity contribution >= 4 is 29.6 Å². The molecule has 3 fully saturated rings. The summed E-state index contributed by atoms with van der Waals surface area (Å²) in [5, 5.41) is 7.98. The van der Waals surface area contributed by atoms with Gasteiger partial charge in [-0.05, 0) is 6.42 Å². The summed E-state index contributed by atoms with van der Waals surface area (Å²) in [4.78, 5) is 36.8. The van der Waals surface area contributed by atoms with Gasteiger partial charge in [0.2, 0.25) is 5.91 Å². The summed E-state index contributed by atoms with van der Waals surface area (Å²) < 4.78 is 0. The van der Waals surface area contributed by atoms with Crippen LogP contribution in [0.2, 0.25) is 0 Å². The second-order valence-electron chi connectivity index (χ2n) is 4.77. The van der Waals surface area contributed by atoms with E-state index in [4.69, 9.17) is 0 Å². The summed E-state index contributed by atoms with van der Waals surface area (Å²) >= 11 is 1.69. The fourth-order valence-corrected chi connectivity index (χ4v) is 3.52. The molecule has 7 nitrogen and oxygen atoms in total. The van der Waals surface area contributed by atoms with Crippen LogP contribution in [0.5, 0.6) is 0 Å². The van der Waals surface area contributed by atoms with E-state index in [2.05, 4.69) is 16.0 Å². The van der Waals surface area contributed by atoms with Gasteiger partial charge in [-0.25, -0.2) is 4.79 Å². The Hall–Kier alpha value is -1.28. The number of hydrogen-bond donors (Lipinski definition) is 3. The highest BCUT2D eigenvalue weighted by molar-refractivity contribution is 7.99. The van der Waals surface area contributed by atoms with Crippen LogP contribution in [0.4, 0.5) is 4.79 Å². The molecule has 98 valence electrons. The Morgan fingerprint density at radius 3 is 2.89 bits per heavy atom. The maximum absolute atomic E-state index is 12.2. The smallest absolute Gasteiger partial charge is 0.322 e. The molecule has 3 N–H and O–H groups in total. The van der Waals surface area contributed by atoms with E-state index in [0.717, 1.165) is 11.6 Å². The molecular formula is C10H14N4O3S. The van der Waals surface area contributed by atoms with Gasteiger partial charge in [-0.15, -0.1) is 11.8 Å². The number of thioether (sulfide) groups is 1. The molecule has 0 aromatic heterocycles. The molecule has 1 spiro atoms. The number of hydrogen-bond acceptors (Lipinski definition) is 5. The number of carbonyl (C=O) groups is 3. The van der Waals surface area contributed by atoms with Crippen molar-refractivity contribution in [3.63, 3.8) is 0 Å². The summed E-state index contributed by atoms with van der Waals surface area (Å²) in [5.41, 5.74) is -0.904. The Kier molecular flexibility index (Phi) is 2.70. The van der Waals surface area contributed by atoms with Crippen LogP contribution in [0.1, 0.15) is 6.42 Å². The summed E-state index contributed by atoms with van der Waals surface area (Å²) in [6.45, 7) is 0.779. The zero-order valence-corrected chi connectivity index (χ0v) is 10.5.